The molecule has 0 aliphatic heterocycles. The summed E-state index contributed by atoms with van der Waals surface area (Å²) in [5.74, 6) is 1.57. The van der Waals surface area contributed by atoms with Gasteiger partial charge in [0, 0.05) is 16.5 Å². The summed E-state index contributed by atoms with van der Waals surface area (Å²) < 4.78 is 5.34. The summed E-state index contributed by atoms with van der Waals surface area (Å²) in [5.41, 5.74) is 8.64. The van der Waals surface area contributed by atoms with Crippen LogP contribution in [-0.4, -0.2) is 17.1 Å². The van der Waals surface area contributed by atoms with Crippen molar-refractivity contribution in [1.82, 2.24) is 9.97 Å². The number of nitrogens with zero attached hydrogens (tertiary/aromatic N) is 2. The molecule has 0 aliphatic carbocycles. The Bertz CT molecular complexity index is 1400. The van der Waals surface area contributed by atoms with Crippen LogP contribution in [0.1, 0.15) is 11.1 Å². The number of benzene rings is 4. The molecule has 156 valence electrons. The Balaban J connectivity index is 1.74. The Kier molecular flexibility index (Phi) is 5.16. The molecule has 4 aromatic carbocycles. The molecule has 3 heteroatoms. The highest BCUT2D eigenvalue weighted by Gasteiger charge is 2.15. The molecule has 32 heavy (non-hydrogen) atoms. The highest BCUT2D eigenvalue weighted by molar-refractivity contribution is 5.94. The summed E-state index contributed by atoms with van der Waals surface area (Å²) >= 11 is 0. The molecule has 1 aromatic heterocycles. The van der Waals surface area contributed by atoms with Crippen LogP contribution in [-0.2, 0) is 0 Å². The number of ether oxygens (including phenoxy) is 1. The Morgan fingerprint density at radius 1 is 0.625 bits per heavy atom. The standard InChI is InChI=1S/C29H24N2O/c1-19-8-11-22(12-9-19)28-25-6-4-5-7-27(25)30-29(31-28)24-17-10-20(2)18-26(24)21-13-15-23(32-3)16-14-21/h4-18H,1-3H3. The lowest BCUT2D eigenvalue weighted by Gasteiger charge is -2.14. The van der Waals surface area contributed by atoms with Crippen LogP contribution in [0.15, 0.2) is 91.0 Å². The molecule has 1 heterocycles. The van der Waals surface area contributed by atoms with E-state index in [1.807, 2.05) is 24.3 Å². The number of hydrogen-bond donors (Lipinski definition) is 0. The van der Waals surface area contributed by atoms with Crippen molar-refractivity contribution in [2.75, 3.05) is 7.11 Å². The SMILES string of the molecule is COc1ccc(-c2cc(C)ccc2-c2nc(-c3ccc(C)cc3)c3ccccc3n2)cc1. The molecule has 0 saturated heterocycles. The fourth-order valence-electron chi connectivity index (χ4n) is 3.99. The number of para-hydroxylation sites is 1. The number of aryl methyl sites for hydroxylation is 2. The molecule has 0 aliphatic rings. The minimum Gasteiger partial charge on any atom is -0.497 e. The summed E-state index contributed by atoms with van der Waals surface area (Å²) in [6.45, 7) is 4.20. The molecule has 3 nitrogen and oxygen atoms in total. The lowest BCUT2D eigenvalue weighted by molar-refractivity contribution is 0.415. The molecule has 0 N–H and O–H groups in total. The van der Waals surface area contributed by atoms with E-state index in [2.05, 4.69) is 80.6 Å². The minimum absolute atomic E-state index is 0.727. The number of hydrogen-bond acceptors (Lipinski definition) is 3. The first kappa shape index (κ1) is 20.0. The van der Waals surface area contributed by atoms with E-state index in [1.165, 1.54) is 11.1 Å². The number of fused-ring (bicyclic) bond motifs is 1. The van der Waals surface area contributed by atoms with Crippen LogP contribution < -0.4 is 4.74 Å². The first-order valence-corrected chi connectivity index (χ1v) is 10.7. The van der Waals surface area contributed by atoms with E-state index in [-0.39, 0.29) is 0 Å². The van der Waals surface area contributed by atoms with Crippen molar-refractivity contribution in [3.8, 4) is 39.5 Å². The van der Waals surface area contributed by atoms with E-state index in [9.17, 15) is 0 Å². The molecule has 0 amide bonds. The summed E-state index contributed by atoms with van der Waals surface area (Å²) in [4.78, 5) is 10.0. The molecular formula is C29H24N2O. The normalized spacial score (nSPS) is 11.0. The van der Waals surface area contributed by atoms with Gasteiger partial charge in [-0.05, 0) is 43.2 Å². The Morgan fingerprint density at radius 2 is 1.31 bits per heavy atom. The predicted molar refractivity (Wildman–Crippen MR) is 132 cm³/mol. The van der Waals surface area contributed by atoms with Crippen molar-refractivity contribution < 1.29 is 4.74 Å². The fraction of sp³-hybridized carbons (Fsp3) is 0.103. The maximum atomic E-state index is 5.34. The highest BCUT2D eigenvalue weighted by Crippen LogP contribution is 2.35. The number of aromatic nitrogens is 2. The van der Waals surface area contributed by atoms with E-state index < -0.39 is 0 Å². The topological polar surface area (TPSA) is 35.0 Å². The summed E-state index contributed by atoms with van der Waals surface area (Å²) in [5, 5.41) is 1.05. The monoisotopic (exact) mass is 416 g/mol. The van der Waals surface area contributed by atoms with Crippen molar-refractivity contribution in [3.63, 3.8) is 0 Å². The quantitative estimate of drug-likeness (QED) is 0.309. The maximum Gasteiger partial charge on any atom is 0.161 e. The molecular weight excluding hydrogens is 392 g/mol. The number of methoxy groups -OCH3 is 1. The Labute approximate surface area is 188 Å². The maximum absolute atomic E-state index is 5.34. The van der Waals surface area contributed by atoms with E-state index in [1.54, 1.807) is 7.11 Å². The third-order valence-corrected chi connectivity index (χ3v) is 5.75. The smallest absolute Gasteiger partial charge is 0.161 e. The first-order valence-electron chi connectivity index (χ1n) is 10.7. The largest absolute Gasteiger partial charge is 0.497 e. The van der Waals surface area contributed by atoms with Crippen LogP contribution in [0.5, 0.6) is 5.75 Å². The van der Waals surface area contributed by atoms with Crippen molar-refractivity contribution in [1.29, 1.82) is 0 Å². The third-order valence-electron chi connectivity index (χ3n) is 5.75. The van der Waals surface area contributed by atoms with Crippen LogP contribution in [0.2, 0.25) is 0 Å². The van der Waals surface area contributed by atoms with Gasteiger partial charge in [0.1, 0.15) is 5.75 Å². The molecule has 5 aromatic rings. The lowest BCUT2D eigenvalue weighted by Crippen LogP contribution is -1.97. The van der Waals surface area contributed by atoms with Gasteiger partial charge in [-0.2, -0.15) is 0 Å². The lowest BCUT2D eigenvalue weighted by atomic mass is 9.96. The summed E-state index contributed by atoms with van der Waals surface area (Å²) in [6, 6.07) is 31.3. The van der Waals surface area contributed by atoms with Crippen molar-refractivity contribution >= 4 is 10.9 Å². The van der Waals surface area contributed by atoms with E-state index in [4.69, 9.17) is 14.7 Å². The molecule has 0 unspecified atom stereocenters. The molecule has 0 bridgehead atoms. The molecule has 0 saturated carbocycles. The fourth-order valence-corrected chi connectivity index (χ4v) is 3.99. The van der Waals surface area contributed by atoms with E-state index >= 15 is 0 Å². The van der Waals surface area contributed by atoms with Gasteiger partial charge >= 0.3 is 0 Å². The molecule has 0 atom stereocenters. The van der Waals surface area contributed by atoms with Gasteiger partial charge in [0.2, 0.25) is 0 Å². The van der Waals surface area contributed by atoms with Gasteiger partial charge in [0.15, 0.2) is 5.82 Å². The van der Waals surface area contributed by atoms with Gasteiger partial charge in [0.25, 0.3) is 0 Å². The zero-order valence-electron chi connectivity index (χ0n) is 18.5. The second-order valence-corrected chi connectivity index (χ2v) is 8.06. The minimum atomic E-state index is 0.727. The van der Waals surface area contributed by atoms with Gasteiger partial charge in [0.05, 0.1) is 18.3 Å². The highest BCUT2D eigenvalue weighted by atomic mass is 16.5. The summed E-state index contributed by atoms with van der Waals surface area (Å²) in [6.07, 6.45) is 0. The second kappa shape index (κ2) is 8.27. The number of rotatable bonds is 4. The second-order valence-electron chi connectivity index (χ2n) is 8.06. The zero-order chi connectivity index (χ0) is 22.1. The molecule has 0 spiro atoms. The summed E-state index contributed by atoms with van der Waals surface area (Å²) in [7, 11) is 1.68. The van der Waals surface area contributed by atoms with Gasteiger partial charge in [-0.15, -0.1) is 0 Å². The van der Waals surface area contributed by atoms with Crippen LogP contribution >= 0.6 is 0 Å². The van der Waals surface area contributed by atoms with Crippen LogP contribution in [0.4, 0.5) is 0 Å². The molecule has 5 rings (SSSR count). The van der Waals surface area contributed by atoms with Gasteiger partial charge in [-0.1, -0.05) is 83.9 Å². The average molecular weight is 417 g/mol. The van der Waals surface area contributed by atoms with Crippen molar-refractivity contribution in [3.05, 3.63) is 102 Å². The molecule has 0 fully saturated rings. The van der Waals surface area contributed by atoms with E-state index in [0.29, 0.717) is 0 Å². The van der Waals surface area contributed by atoms with Gasteiger partial charge in [-0.3, -0.25) is 0 Å². The third kappa shape index (κ3) is 3.74. The van der Waals surface area contributed by atoms with E-state index in [0.717, 1.165) is 50.4 Å². The van der Waals surface area contributed by atoms with Crippen LogP contribution in [0.3, 0.4) is 0 Å². The van der Waals surface area contributed by atoms with Crippen molar-refractivity contribution in [2.24, 2.45) is 0 Å². The van der Waals surface area contributed by atoms with Crippen molar-refractivity contribution in [2.45, 2.75) is 13.8 Å². The first-order chi connectivity index (χ1) is 15.6. The average Bonchev–Trinajstić information content (AvgIpc) is 2.84. The van der Waals surface area contributed by atoms with Gasteiger partial charge < -0.3 is 4.74 Å². The zero-order valence-corrected chi connectivity index (χ0v) is 18.5. The van der Waals surface area contributed by atoms with Crippen LogP contribution in [0.25, 0.3) is 44.7 Å². The predicted octanol–water partition coefficient (Wildman–Crippen LogP) is 7.26. The Morgan fingerprint density at radius 3 is 2.06 bits per heavy atom. The Hall–Kier alpha value is -3.98. The van der Waals surface area contributed by atoms with Crippen LogP contribution in [0, 0.1) is 13.8 Å². The van der Waals surface area contributed by atoms with Gasteiger partial charge in [-0.25, -0.2) is 9.97 Å². The molecule has 0 radical (unpaired) electrons.